The van der Waals surface area contributed by atoms with E-state index >= 15 is 0 Å². The lowest BCUT2D eigenvalue weighted by Crippen LogP contribution is -2.04. The number of phenolic OH excluding ortho intramolecular Hbond substituents is 1. The van der Waals surface area contributed by atoms with Crippen molar-refractivity contribution in [2.45, 2.75) is 51.9 Å². The molecule has 1 aliphatic carbocycles. The van der Waals surface area contributed by atoms with Gasteiger partial charge in [0.25, 0.3) is 0 Å². The van der Waals surface area contributed by atoms with Crippen LogP contribution in [0.5, 0.6) is 5.75 Å². The molecule has 3 nitrogen and oxygen atoms in total. The van der Waals surface area contributed by atoms with Crippen LogP contribution in [-0.4, -0.2) is 16.6 Å². The zero-order valence-electron chi connectivity index (χ0n) is 16.5. The first-order valence-corrected chi connectivity index (χ1v) is 11.1. The van der Waals surface area contributed by atoms with E-state index in [0.29, 0.717) is 18.7 Å². The van der Waals surface area contributed by atoms with Gasteiger partial charge in [-0.1, -0.05) is 24.6 Å². The lowest BCUT2D eigenvalue weighted by molar-refractivity contribution is 0.468. The van der Waals surface area contributed by atoms with E-state index in [-0.39, 0.29) is 0 Å². The number of fused-ring (bicyclic) bond motifs is 1. The van der Waals surface area contributed by atoms with Gasteiger partial charge >= 0.3 is 0 Å². The van der Waals surface area contributed by atoms with Gasteiger partial charge in [0.05, 0.1) is 5.69 Å². The topological polar surface area (TPSA) is 59.1 Å². The zero-order valence-corrected chi connectivity index (χ0v) is 17.3. The molecule has 2 aromatic carbocycles. The minimum absolute atomic E-state index is 0.341. The Morgan fingerprint density at radius 2 is 1.86 bits per heavy atom. The van der Waals surface area contributed by atoms with Crippen molar-refractivity contribution in [1.29, 1.82) is 0 Å². The summed E-state index contributed by atoms with van der Waals surface area (Å²) in [5.41, 5.74) is 14.1. The molecule has 0 atom stereocenters. The number of aryl methyl sites for hydroxylation is 3. The highest BCUT2D eigenvalue weighted by atomic mass is 32.1. The van der Waals surface area contributed by atoms with Crippen molar-refractivity contribution in [3.05, 3.63) is 69.2 Å². The molecule has 1 heterocycles. The van der Waals surface area contributed by atoms with Gasteiger partial charge in [-0.15, -0.1) is 11.3 Å². The highest BCUT2D eigenvalue weighted by Gasteiger charge is 2.13. The third-order valence-electron chi connectivity index (χ3n) is 5.72. The van der Waals surface area contributed by atoms with E-state index in [1.807, 2.05) is 6.07 Å². The number of phenols is 1. The molecule has 1 aliphatic rings. The third-order valence-corrected chi connectivity index (χ3v) is 6.66. The molecule has 1 aromatic heterocycles. The molecule has 0 saturated heterocycles. The summed E-state index contributed by atoms with van der Waals surface area (Å²) in [5.74, 6) is 0.341. The molecule has 146 valence electrons. The Hall–Kier alpha value is -2.17. The maximum atomic E-state index is 10.4. The largest absolute Gasteiger partial charge is 0.508 e. The molecule has 0 amide bonds. The Bertz CT molecular complexity index is 977. The van der Waals surface area contributed by atoms with Gasteiger partial charge in [-0.3, -0.25) is 0 Å². The van der Waals surface area contributed by atoms with Crippen LogP contribution in [-0.2, 0) is 25.7 Å². The predicted molar refractivity (Wildman–Crippen MR) is 117 cm³/mol. The van der Waals surface area contributed by atoms with Crippen molar-refractivity contribution in [3.8, 4) is 16.3 Å². The fraction of sp³-hybridized carbons (Fsp3) is 0.375. The number of aromatic nitrogens is 1. The van der Waals surface area contributed by atoms with E-state index in [1.54, 1.807) is 11.3 Å². The Morgan fingerprint density at radius 1 is 1.04 bits per heavy atom. The van der Waals surface area contributed by atoms with Crippen molar-refractivity contribution >= 4 is 11.3 Å². The Morgan fingerprint density at radius 3 is 2.68 bits per heavy atom. The summed E-state index contributed by atoms with van der Waals surface area (Å²) in [4.78, 5) is 4.87. The lowest BCUT2D eigenvalue weighted by atomic mass is 9.99. The molecular formula is C24H28N2OS. The van der Waals surface area contributed by atoms with Crippen LogP contribution in [0.25, 0.3) is 10.6 Å². The molecule has 4 heteroatoms. The van der Waals surface area contributed by atoms with Crippen LogP contribution < -0.4 is 5.73 Å². The third kappa shape index (κ3) is 4.13. The smallest absolute Gasteiger partial charge is 0.123 e. The van der Waals surface area contributed by atoms with Crippen LogP contribution in [0.3, 0.4) is 0 Å². The number of nitrogens with two attached hydrogens (primary N) is 1. The average Bonchev–Trinajstić information content (AvgIpc) is 3.02. The van der Waals surface area contributed by atoms with Crippen LogP contribution in [0.15, 0.2) is 35.7 Å². The number of thiazole rings is 1. The SMILES string of the molecule is Cc1cc(Cc2csc(-c3ccc4c(c3)CCCCC4)n2)c(O)cc1CCN. The van der Waals surface area contributed by atoms with E-state index < -0.39 is 0 Å². The van der Waals surface area contributed by atoms with Crippen LogP contribution in [0.1, 0.15) is 52.8 Å². The lowest BCUT2D eigenvalue weighted by Gasteiger charge is -2.10. The molecular weight excluding hydrogens is 364 g/mol. The van der Waals surface area contributed by atoms with E-state index in [9.17, 15) is 5.11 Å². The number of hydrogen-bond donors (Lipinski definition) is 2. The minimum Gasteiger partial charge on any atom is -0.508 e. The van der Waals surface area contributed by atoms with Gasteiger partial charge in [0, 0.05) is 22.9 Å². The quantitative estimate of drug-likeness (QED) is 0.588. The van der Waals surface area contributed by atoms with E-state index in [0.717, 1.165) is 28.2 Å². The van der Waals surface area contributed by atoms with Gasteiger partial charge in [0.15, 0.2) is 0 Å². The van der Waals surface area contributed by atoms with Gasteiger partial charge in [-0.05, 0) is 80.0 Å². The first-order valence-electron chi connectivity index (χ1n) is 10.2. The van der Waals surface area contributed by atoms with Crippen LogP contribution in [0.4, 0.5) is 0 Å². The number of rotatable bonds is 5. The Balaban J connectivity index is 1.55. The van der Waals surface area contributed by atoms with Crippen molar-refractivity contribution in [2.75, 3.05) is 6.54 Å². The highest BCUT2D eigenvalue weighted by Crippen LogP contribution is 2.31. The van der Waals surface area contributed by atoms with Gasteiger partial charge in [0.1, 0.15) is 10.8 Å². The standard InChI is InChI=1S/C24H28N2OS/c1-16-11-21(23(27)14-18(16)9-10-25)13-22-15-28-24(26-22)20-8-7-17-5-3-2-4-6-19(17)12-20/h7-8,11-12,14-15,27H,2-6,9-10,13,25H2,1H3. The maximum absolute atomic E-state index is 10.4. The van der Waals surface area contributed by atoms with Crippen molar-refractivity contribution in [1.82, 2.24) is 4.98 Å². The van der Waals surface area contributed by atoms with Crippen LogP contribution >= 0.6 is 11.3 Å². The summed E-state index contributed by atoms with van der Waals surface area (Å²) in [7, 11) is 0. The molecule has 28 heavy (non-hydrogen) atoms. The molecule has 0 bridgehead atoms. The molecule has 0 saturated carbocycles. The second-order valence-corrected chi connectivity index (χ2v) is 8.67. The summed E-state index contributed by atoms with van der Waals surface area (Å²) in [6, 6.07) is 10.8. The molecule has 4 rings (SSSR count). The minimum atomic E-state index is 0.341. The van der Waals surface area contributed by atoms with E-state index in [2.05, 4.69) is 36.6 Å². The summed E-state index contributed by atoms with van der Waals surface area (Å²) >= 11 is 1.69. The highest BCUT2D eigenvalue weighted by molar-refractivity contribution is 7.13. The maximum Gasteiger partial charge on any atom is 0.123 e. The Kier molecular flexibility index (Phi) is 5.79. The fourth-order valence-electron chi connectivity index (χ4n) is 4.13. The van der Waals surface area contributed by atoms with Crippen molar-refractivity contribution < 1.29 is 5.11 Å². The second-order valence-electron chi connectivity index (χ2n) is 7.81. The first kappa shape index (κ1) is 19.2. The van der Waals surface area contributed by atoms with Crippen molar-refractivity contribution in [2.24, 2.45) is 5.73 Å². The first-order chi connectivity index (χ1) is 13.6. The summed E-state index contributed by atoms with van der Waals surface area (Å²) in [5, 5.41) is 13.6. The second kappa shape index (κ2) is 8.46. The molecule has 0 aliphatic heterocycles. The normalized spacial score (nSPS) is 13.9. The number of nitrogens with zero attached hydrogens (tertiary/aromatic N) is 1. The van der Waals surface area contributed by atoms with Gasteiger partial charge in [0.2, 0.25) is 0 Å². The van der Waals surface area contributed by atoms with Gasteiger partial charge in [-0.25, -0.2) is 4.98 Å². The fourth-order valence-corrected chi connectivity index (χ4v) is 4.94. The summed E-state index contributed by atoms with van der Waals surface area (Å²) in [6.45, 7) is 2.67. The van der Waals surface area contributed by atoms with Gasteiger partial charge < -0.3 is 10.8 Å². The Labute approximate surface area is 171 Å². The average molecular weight is 393 g/mol. The van der Waals surface area contributed by atoms with E-state index in [4.69, 9.17) is 10.7 Å². The predicted octanol–water partition coefficient (Wildman–Crippen LogP) is 5.19. The summed E-state index contributed by atoms with van der Waals surface area (Å²) < 4.78 is 0. The van der Waals surface area contributed by atoms with Crippen molar-refractivity contribution in [3.63, 3.8) is 0 Å². The number of hydrogen-bond acceptors (Lipinski definition) is 4. The monoisotopic (exact) mass is 392 g/mol. The molecule has 0 spiro atoms. The molecule has 3 aromatic rings. The molecule has 0 radical (unpaired) electrons. The van der Waals surface area contributed by atoms with Gasteiger partial charge in [-0.2, -0.15) is 0 Å². The molecule has 3 N–H and O–H groups in total. The zero-order chi connectivity index (χ0) is 19.5. The van der Waals surface area contributed by atoms with Crippen LogP contribution in [0.2, 0.25) is 0 Å². The number of benzene rings is 2. The number of aromatic hydroxyl groups is 1. The summed E-state index contributed by atoms with van der Waals surface area (Å²) in [6.07, 6.45) is 7.76. The van der Waals surface area contributed by atoms with Crippen LogP contribution in [0, 0.1) is 6.92 Å². The molecule has 0 unspecified atom stereocenters. The van der Waals surface area contributed by atoms with E-state index in [1.165, 1.54) is 54.4 Å². The molecule has 0 fully saturated rings.